The van der Waals surface area contributed by atoms with Gasteiger partial charge >= 0.3 is 29.6 Å². The molecule has 9 heteroatoms. The maximum atomic E-state index is 11.9. The van der Waals surface area contributed by atoms with Crippen LogP contribution in [0, 0.1) is 18.8 Å². The molecule has 1 aliphatic rings. The SMILES string of the molecule is Cc1cc(-c2nc3cc(CN[C@@H](CC(C)C)C(=O)[O-])ccc3n2CC2CCOCC2)c[nH]c1=O.[Na+]. The van der Waals surface area contributed by atoms with E-state index in [9.17, 15) is 14.7 Å². The van der Waals surface area contributed by atoms with Crippen molar-refractivity contribution in [1.82, 2.24) is 19.9 Å². The van der Waals surface area contributed by atoms with Crippen molar-refractivity contribution in [3.8, 4) is 11.4 Å². The molecule has 1 aliphatic heterocycles. The smallest absolute Gasteiger partial charge is 0.548 e. The van der Waals surface area contributed by atoms with Gasteiger partial charge < -0.3 is 29.5 Å². The number of ether oxygens (including phenoxy) is 1. The Morgan fingerprint density at radius 1 is 1.29 bits per heavy atom. The zero-order valence-electron chi connectivity index (χ0n) is 21.1. The number of aromatic nitrogens is 3. The number of rotatable bonds is 9. The van der Waals surface area contributed by atoms with E-state index in [1.54, 1.807) is 13.1 Å². The van der Waals surface area contributed by atoms with Crippen LogP contribution in [0.1, 0.15) is 44.2 Å². The standard InChI is InChI=1S/C26H34N4O4.Na/c1-16(2)10-22(26(32)33)27-13-19-4-5-23-21(12-19)29-24(20-11-17(3)25(31)28-14-20)30(23)15-18-6-8-34-9-7-18;/h4-5,11-12,14,16,18,22,27H,6-10,13,15H2,1-3H3,(H,28,31)(H,32,33);/q;+1/p-1/t22-;/m0./s1. The summed E-state index contributed by atoms with van der Waals surface area (Å²) in [5.41, 5.74) is 4.24. The van der Waals surface area contributed by atoms with Crippen LogP contribution in [0.5, 0.6) is 0 Å². The monoisotopic (exact) mass is 488 g/mol. The molecule has 0 amide bonds. The second kappa shape index (κ2) is 12.3. The Kier molecular flexibility index (Phi) is 9.72. The topological polar surface area (TPSA) is 112 Å². The van der Waals surface area contributed by atoms with Crippen LogP contribution in [-0.4, -0.2) is 39.8 Å². The molecule has 1 saturated heterocycles. The van der Waals surface area contributed by atoms with Crippen molar-refractivity contribution in [3.63, 3.8) is 0 Å². The fourth-order valence-corrected chi connectivity index (χ4v) is 4.58. The number of nitrogens with zero attached hydrogens (tertiary/aromatic N) is 2. The van der Waals surface area contributed by atoms with Gasteiger partial charge in [-0.25, -0.2) is 4.98 Å². The van der Waals surface area contributed by atoms with Crippen molar-refractivity contribution in [3.05, 3.63) is 51.9 Å². The number of imidazole rings is 1. The molecule has 0 saturated carbocycles. The van der Waals surface area contributed by atoms with Gasteiger partial charge in [-0.05, 0) is 61.8 Å². The maximum absolute atomic E-state index is 11.9. The van der Waals surface area contributed by atoms with Crippen molar-refractivity contribution in [2.45, 2.75) is 59.2 Å². The van der Waals surface area contributed by atoms with Crippen molar-refractivity contribution < 1.29 is 44.2 Å². The zero-order chi connectivity index (χ0) is 24.2. The van der Waals surface area contributed by atoms with Gasteiger partial charge in [0.25, 0.3) is 5.56 Å². The number of fused-ring (bicyclic) bond motifs is 1. The molecule has 8 nitrogen and oxygen atoms in total. The molecular weight excluding hydrogens is 455 g/mol. The Hall–Kier alpha value is -1.97. The van der Waals surface area contributed by atoms with E-state index < -0.39 is 12.0 Å². The summed E-state index contributed by atoms with van der Waals surface area (Å²) in [6, 6.07) is 7.26. The van der Waals surface area contributed by atoms with Crippen LogP contribution in [0.25, 0.3) is 22.4 Å². The molecule has 2 aromatic heterocycles. The molecule has 182 valence electrons. The van der Waals surface area contributed by atoms with E-state index in [0.29, 0.717) is 24.4 Å². The first-order valence-corrected chi connectivity index (χ1v) is 12.0. The Balaban J connectivity index is 0.00000342. The Bertz CT molecular complexity index is 1210. The normalized spacial score (nSPS) is 15.3. The number of hydrogen-bond acceptors (Lipinski definition) is 6. The molecule has 35 heavy (non-hydrogen) atoms. The van der Waals surface area contributed by atoms with Crippen molar-refractivity contribution >= 4 is 17.0 Å². The van der Waals surface area contributed by atoms with Gasteiger partial charge in [0.1, 0.15) is 5.82 Å². The summed E-state index contributed by atoms with van der Waals surface area (Å²) in [5, 5.41) is 14.6. The van der Waals surface area contributed by atoms with E-state index >= 15 is 0 Å². The average molecular weight is 489 g/mol. The van der Waals surface area contributed by atoms with Crippen LogP contribution < -0.4 is 45.5 Å². The van der Waals surface area contributed by atoms with Gasteiger partial charge in [-0.1, -0.05) is 19.9 Å². The van der Waals surface area contributed by atoms with Crippen LogP contribution in [0.4, 0.5) is 0 Å². The van der Waals surface area contributed by atoms with Gasteiger partial charge in [0.2, 0.25) is 0 Å². The first kappa shape index (κ1) is 27.6. The minimum atomic E-state index is -1.08. The van der Waals surface area contributed by atoms with E-state index in [1.165, 1.54) is 0 Å². The fraction of sp³-hybridized carbons (Fsp3) is 0.500. The molecule has 1 atom stereocenters. The van der Waals surface area contributed by atoms with E-state index in [1.807, 2.05) is 32.0 Å². The Morgan fingerprint density at radius 3 is 2.69 bits per heavy atom. The van der Waals surface area contributed by atoms with Crippen LogP contribution >= 0.6 is 0 Å². The Labute approximate surface area is 227 Å². The molecule has 0 spiro atoms. The van der Waals surface area contributed by atoms with E-state index in [0.717, 1.165) is 60.6 Å². The largest absolute Gasteiger partial charge is 1.00 e. The van der Waals surface area contributed by atoms with Crippen LogP contribution in [0.3, 0.4) is 0 Å². The second-order valence-electron chi connectivity index (χ2n) is 9.71. The molecule has 1 fully saturated rings. The van der Waals surface area contributed by atoms with Crippen molar-refractivity contribution in [2.24, 2.45) is 11.8 Å². The minimum absolute atomic E-state index is 0. The summed E-state index contributed by atoms with van der Waals surface area (Å²) in [7, 11) is 0. The predicted octanol–water partition coefficient (Wildman–Crippen LogP) is -0.615. The predicted molar refractivity (Wildman–Crippen MR) is 129 cm³/mol. The third-order valence-corrected chi connectivity index (χ3v) is 6.49. The summed E-state index contributed by atoms with van der Waals surface area (Å²) < 4.78 is 7.77. The van der Waals surface area contributed by atoms with Crippen molar-refractivity contribution in [1.29, 1.82) is 0 Å². The molecular formula is C26H33N4NaO4. The number of hydrogen-bond donors (Lipinski definition) is 2. The van der Waals surface area contributed by atoms with E-state index in [2.05, 4.69) is 20.9 Å². The maximum Gasteiger partial charge on any atom is 1.00 e. The quantitative estimate of drug-likeness (QED) is 0.389. The molecule has 0 unspecified atom stereocenters. The molecule has 0 bridgehead atoms. The van der Waals surface area contributed by atoms with Crippen LogP contribution in [-0.2, 0) is 22.6 Å². The second-order valence-corrected chi connectivity index (χ2v) is 9.71. The third-order valence-electron chi connectivity index (χ3n) is 6.49. The zero-order valence-corrected chi connectivity index (χ0v) is 23.1. The summed E-state index contributed by atoms with van der Waals surface area (Å²) >= 11 is 0. The first-order valence-electron chi connectivity index (χ1n) is 12.0. The number of aromatic amines is 1. The van der Waals surface area contributed by atoms with Gasteiger partial charge in [0, 0.05) is 49.7 Å². The molecule has 3 heterocycles. The fourth-order valence-electron chi connectivity index (χ4n) is 4.58. The van der Waals surface area contributed by atoms with Gasteiger partial charge in [-0.2, -0.15) is 0 Å². The number of carbonyl (C=O) groups excluding carboxylic acids is 1. The average Bonchev–Trinajstić information content (AvgIpc) is 3.16. The first-order chi connectivity index (χ1) is 16.3. The number of carboxylic acid groups (broad SMARTS) is 1. The molecule has 0 radical (unpaired) electrons. The number of H-pyrrole nitrogens is 1. The van der Waals surface area contributed by atoms with Gasteiger partial charge in [0.05, 0.1) is 17.0 Å². The summed E-state index contributed by atoms with van der Waals surface area (Å²) in [6.07, 6.45) is 4.24. The summed E-state index contributed by atoms with van der Waals surface area (Å²) in [6.45, 7) is 8.58. The third kappa shape index (κ3) is 6.83. The van der Waals surface area contributed by atoms with Gasteiger partial charge in [-0.3, -0.25) is 4.79 Å². The van der Waals surface area contributed by atoms with Crippen LogP contribution in [0.15, 0.2) is 35.3 Å². The number of benzene rings is 1. The number of carboxylic acids is 1. The minimum Gasteiger partial charge on any atom is -0.548 e. The summed E-state index contributed by atoms with van der Waals surface area (Å²) in [4.78, 5) is 31.2. The molecule has 2 N–H and O–H groups in total. The molecule has 0 aliphatic carbocycles. The molecule has 3 aromatic rings. The van der Waals surface area contributed by atoms with E-state index in [-0.39, 0.29) is 41.0 Å². The number of nitrogens with one attached hydrogen (secondary N) is 2. The number of aliphatic carboxylic acids is 1. The van der Waals surface area contributed by atoms with Gasteiger partial charge in [0.15, 0.2) is 0 Å². The molecule has 4 rings (SSSR count). The van der Waals surface area contributed by atoms with Crippen LogP contribution in [0.2, 0.25) is 0 Å². The van der Waals surface area contributed by atoms with Crippen molar-refractivity contribution in [2.75, 3.05) is 13.2 Å². The number of carbonyl (C=O) groups is 1. The summed E-state index contributed by atoms with van der Waals surface area (Å²) in [5.74, 6) is 0.488. The number of aryl methyl sites for hydroxylation is 1. The number of pyridine rings is 1. The van der Waals surface area contributed by atoms with E-state index in [4.69, 9.17) is 9.72 Å². The molecule has 1 aromatic carbocycles. The van der Waals surface area contributed by atoms with Gasteiger partial charge in [-0.15, -0.1) is 0 Å². The Morgan fingerprint density at radius 2 is 2.03 bits per heavy atom.